The summed E-state index contributed by atoms with van der Waals surface area (Å²) in [5.74, 6) is -0.313. The van der Waals surface area contributed by atoms with Crippen molar-refractivity contribution in [3.63, 3.8) is 0 Å². The normalized spacial score (nSPS) is 10.8. The lowest BCUT2D eigenvalue weighted by atomic mass is 10.3. The molecular formula is C15H20FN5OS2. The highest BCUT2D eigenvalue weighted by molar-refractivity contribution is 7.73. The van der Waals surface area contributed by atoms with Crippen LogP contribution < -0.4 is 10.6 Å². The Morgan fingerprint density at radius 1 is 1.42 bits per heavy atom. The number of halogens is 1. The molecule has 1 heterocycles. The van der Waals surface area contributed by atoms with Gasteiger partial charge in [-0.1, -0.05) is 18.3 Å². The monoisotopic (exact) mass is 369 g/mol. The summed E-state index contributed by atoms with van der Waals surface area (Å²) < 4.78 is 15.2. The molecule has 0 saturated carbocycles. The van der Waals surface area contributed by atoms with Gasteiger partial charge in [-0.2, -0.15) is 0 Å². The summed E-state index contributed by atoms with van der Waals surface area (Å²) in [6.07, 6.45) is 0.908. The van der Waals surface area contributed by atoms with Crippen molar-refractivity contribution in [2.75, 3.05) is 25.5 Å². The molecule has 1 amide bonds. The molecule has 0 saturated heterocycles. The zero-order valence-corrected chi connectivity index (χ0v) is 15.2. The van der Waals surface area contributed by atoms with Crippen molar-refractivity contribution in [3.8, 4) is 0 Å². The molecular weight excluding hydrogens is 349 g/mol. The van der Waals surface area contributed by atoms with Gasteiger partial charge in [-0.25, -0.2) is 9.07 Å². The third-order valence-electron chi connectivity index (χ3n) is 3.06. The molecule has 0 unspecified atom stereocenters. The Labute approximate surface area is 149 Å². The summed E-state index contributed by atoms with van der Waals surface area (Å²) in [5, 5.41) is 10.9. The summed E-state index contributed by atoms with van der Waals surface area (Å²) in [7, 11) is 1.83. The lowest BCUT2D eigenvalue weighted by Gasteiger charge is -2.15. The molecule has 0 bridgehead atoms. The molecule has 1 aromatic heterocycles. The Kier molecular flexibility index (Phi) is 6.83. The topological polar surface area (TPSA) is 62.2 Å². The number of hydrogen-bond acceptors (Lipinski definition) is 6. The molecule has 1 aromatic carbocycles. The zero-order chi connectivity index (χ0) is 17.5. The number of likely N-dealkylation sites (N-methyl/N-ethyl adjacent to an activating group) is 1. The smallest absolute Gasteiger partial charge is 0.234 e. The predicted molar refractivity (Wildman–Crippen MR) is 96.6 cm³/mol. The molecule has 0 aliphatic carbocycles. The number of rotatable bonds is 8. The second-order valence-corrected chi connectivity index (χ2v) is 6.93. The van der Waals surface area contributed by atoms with Crippen molar-refractivity contribution < 1.29 is 9.18 Å². The van der Waals surface area contributed by atoms with Crippen molar-refractivity contribution in [2.45, 2.75) is 20.0 Å². The lowest BCUT2D eigenvalue weighted by molar-refractivity contribution is -0.122. The van der Waals surface area contributed by atoms with E-state index in [0.29, 0.717) is 22.3 Å². The Balaban J connectivity index is 1.94. The van der Waals surface area contributed by atoms with E-state index in [1.807, 2.05) is 18.9 Å². The van der Waals surface area contributed by atoms with Crippen molar-refractivity contribution in [1.29, 1.82) is 0 Å². The van der Waals surface area contributed by atoms with Crippen LogP contribution in [0.2, 0.25) is 0 Å². The fourth-order valence-electron chi connectivity index (χ4n) is 1.95. The van der Waals surface area contributed by atoms with Crippen LogP contribution in [0.1, 0.15) is 13.3 Å². The van der Waals surface area contributed by atoms with Gasteiger partial charge in [0.05, 0.1) is 13.2 Å². The SMILES string of the molecule is CCCNC(=O)CN(C)Cn1nc(Nc2ccc(F)cc2)sc1=S. The molecule has 0 fully saturated rings. The highest BCUT2D eigenvalue weighted by Crippen LogP contribution is 2.20. The van der Waals surface area contributed by atoms with Gasteiger partial charge in [-0.3, -0.25) is 9.69 Å². The van der Waals surface area contributed by atoms with E-state index in [9.17, 15) is 9.18 Å². The third-order valence-corrected chi connectivity index (χ3v) is 4.29. The molecule has 24 heavy (non-hydrogen) atoms. The van der Waals surface area contributed by atoms with Crippen LogP contribution in [-0.4, -0.2) is 40.7 Å². The molecule has 0 atom stereocenters. The molecule has 0 aliphatic rings. The predicted octanol–water partition coefficient (Wildman–Crippen LogP) is 2.97. The molecule has 2 rings (SSSR count). The van der Waals surface area contributed by atoms with Crippen molar-refractivity contribution >= 4 is 40.3 Å². The van der Waals surface area contributed by atoms with Gasteiger partial charge >= 0.3 is 0 Å². The second kappa shape index (κ2) is 8.86. The molecule has 6 nitrogen and oxygen atoms in total. The standard InChI is InChI=1S/C15H20FN5OS2/c1-3-8-17-13(22)9-20(2)10-21-15(23)24-14(19-21)18-12-6-4-11(16)5-7-12/h4-7H,3,8-10H2,1-2H3,(H,17,22)(H,18,19). The van der Waals surface area contributed by atoms with Gasteiger partial charge in [-0.15, -0.1) is 5.10 Å². The van der Waals surface area contributed by atoms with Crippen molar-refractivity contribution in [1.82, 2.24) is 20.0 Å². The summed E-state index contributed by atoms with van der Waals surface area (Å²) in [6.45, 7) is 3.38. The molecule has 0 radical (unpaired) electrons. The fourth-order valence-corrected chi connectivity index (χ4v) is 2.96. The summed E-state index contributed by atoms with van der Waals surface area (Å²) in [5.41, 5.74) is 0.736. The average molecular weight is 369 g/mol. The first-order valence-electron chi connectivity index (χ1n) is 7.53. The maximum atomic E-state index is 12.9. The number of hydrogen-bond donors (Lipinski definition) is 2. The Bertz CT molecular complexity index is 728. The molecule has 2 aromatic rings. The highest BCUT2D eigenvalue weighted by Gasteiger charge is 2.09. The van der Waals surface area contributed by atoms with Gasteiger partial charge in [0.1, 0.15) is 5.82 Å². The largest absolute Gasteiger partial charge is 0.355 e. The first-order valence-corrected chi connectivity index (χ1v) is 8.76. The van der Waals surface area contributed by atoms with E-state index in [4.69, 9.17) is 12.2 Å². The van der Waals surface area contributed by atoms with Crippen LogP contribution in [0.25, 0.3) is 0 Å². The van der Waals surface area contributed by atoms with Crippen LogP contribution in [0.15, 0.2) is 24.3 Å². The van der Waals surface area contributed by atoms with Crippen LogP contribution in [0, 0.1) is 9.77 Å². The number of carbonyl (C=O) groups is 1. The van der Waals surface area contributed by atoms with Crippen LogP contribution in [0.3, 0.4) is 0 Å². The maximum absolute atomic E-state index is 12.9. The number of benzene rings is 1. The van der Waals surface area contributed by atoms with E-state index in [2.05, 4.69) is 15.7 Å². The lowest BCUT2D eigenvalue weighted by Crippen LogP contribution is -2.36. The molecule has 0 aliphatic heterocycles. The second-order valence-electron chi connectivity index (χ2n) is 5.31. The first-order chi connectivity index (χ1) is 11.5. The van der Waals surface area contributed by atoms with E-state index in [1.54, 1.807) is 16.8 Å². The van der Waals surface area contributed by atoms with E-state index >= 15 is 0 Å². The van der Waals surface area contributed by atoms with E-state index in [-0.39, 0.29) is 18.3 Å². The molecule has 0 spiro atoms. The van der Waals surface area contributed by atoms with Crippen LogP contribution in [-0.2, 0) is 11.5 Å². The fraction of sp³-hybridized carbons (Fsp3) is 0.400. The minimum atomic E-state index is -0.290. The summed E-state index contributed by atoms with van der Waals surface area (Å²) in [4.78, 5) is 13.5. The van der Waals surface area contributed by atoms with Gasteiger partial charge in [0, 0.05) is 12.2 Å². The van der Waals surface area contributed by atoms with Gasteiger partial charge < -0.3 is 10.6 Å². The summed E-state index contributed by atoms with van der Waals surface area (Å²) in [6, 6.07) is 6.02. The molecule has 2 N–H and O–H groups in total. The number of nitrogens with one attached hydrogen (secondary N) is 2. The van der Waals surface area contributed by atoms with Gasteiger partial charge in [0.2, 0.25) is 11.0 Å². The average Bonchev–Trinajstić information content (AvgIpc) is 2.87. The Morgan fingerprint density at radius 3 is 2.79 bits per heavy atom. The number of carbonyl (C=O) groups excluding carboxylic acids is 1. The van der Waals surface area contributed by atoms with Gasteiger partial charge in [-0.05, 0) is 50.0 Å². The van der Waals surface area contributed by atoms with Crippen LogP contribution in [0.4, 0.5) is 15.2 Å². The third kappa shape index (κ3) is 5.66. The Hall–Kier alpha value is -1.84. The quantitative estimate of drug-likeness (QED) is 0.701. The number of aromatic nitrogens is 2. The zero-order valence-electron chi connectivity index (χ0n) is 13.6. The van der Waals surface area contributed by atoms with Gasteiger partial charge in [0.15, 0.2) is 3.95 Å². The molecule has 9 heteroatoms. The number of anilines is 2. The van der Waals surface area contributed by atoms with Crippen molar-refractivity contribution in [3.05, 3.63) is 34.0 Å². The number of nitrogens with zero attached hydrogens (tertiary/aromatic N) is 3. The number of amides is 1. The van der Waals surface area contributed by atoms with Crippen molar-refractivity contribution in [2.24, 2.45) is 0 Å². The van der Waals surface area contributed by atoms with Crippen LogP contribution >= 0.6 is 23.6 Å². The maximum Gasteiger partial charge on any atom is 0.234 e. The summed E-state index contributed by atoms with van der Waals surface area (Å²) >= 11 is 6.63. The molecule has 130 valence electrons. The van der Waals surface area contributed by atoms with E-state index in [0.717, 1.165) is 12.1 Å². The first kappa shape index (κ1) is 18.5. The minimum absolute atomic E-state index is 0.0224. The van der Waals surface area contributed by atoms with E-state index in [1.165, 1.54) is 23.5 Å². The van der Waals surface area contributed by atoms with Gasteiger partial charge in [0.25, 0.3) is 0 Å². The van der Waals surface area contributed by atoms with E-state index < -0.39 is 0 Å². The van der Waals surface area contributed by atoms with Crippen LogP contribution in [0.5, 0.6) is 0 Å². The highest BCUT2D eigenvalue weighted by atomic mass is 32.1. The minimum Gasteiger partial charge on any atom is -0.355 e. The Morgan fingerprint density at radius 2 is 2.12 bits per heavy atom.